The van der Waals surface area contributed by atoms with Gasteiger partial charge in [-0.25, -0.2) is 4.98 Å². The van der Waals surface area contributed by atoms with E-state index >= 15 is 0 Å². The Hall–Kier alpha value is -7.95. The first-order valence-corrected chi connectivity index (χ1v) is 23.7. The quantitative estimate of drug-likeness (QED) is 0.170. The lowest BCUT2D eigenvalue weighted by Crippen LogP contribution is -2.11. The van der Waals surface area contributed by atoms with Crippen LogP contribution in [0.4, 0.5) is 0 Å². The van der Waals surface area contributed by atoms with Crippen molar-refractivity contribution >= 4 is 120 Å². The minimum Gasteiger partial charge on any atom is -0.309 e. The van der Waals surface area contributed by atoms with Crippen molar-refractivity contribution in [2.45, 2.75) is 52.4 Å². The van der Waals surface area contributed by atoms with Crippen LogP contribution in [0.25, 0.3) is 137 Å². The number of hydrogen-bond donors (Lipinski definition) is 0. The van der Waals surface area contributed by atoms with E-state index in [9.17, 15) is 0 Å². The Bertz CT molecular complexity index is 4620. The standard InChI is InChI=1S/C63H46N4/c1-62(2,3)38-30-45(37-25-27-53-46(28-37)43-22-14-15-23-52(43)65(53)40-18-8-7-9-19-40)58-48(31-38)49-32-39(63(4,5)6)33-50-51-34-54-56(64-61(51)67(58)59(49)50)55-41-20-12-11-17-36(41)29-47-44-26-24-35-16-10-13-21-42(35)57(44)66(54)60(47)55/h7-34H,1-6H3. The van der Waals surface area contributed by atoms with E-state index in [1.165, 1.54) is 131 Å². The summed E-state index contributed by atoms with van der Waals surface area (Å²) in [6.45, 7) is 14.1. The fourth-order valence-electron chi connectivity index (χ4n) is 12.1. The Morgan fingerprint density at radius 1 is 0.373 bits per heavy atom. The normalized spacial score (nSPS) is 13.2. The molecule has 6 aromatic heterocycles. The minimum atomic E-state index is -0.0868. The number of rotatable bonds is 2. The Balaban J connectivity index is 1.14. The molecular formula is C63H46N4. The minimum absolute atomic E-state index is 0.0780. The predicted molar refractivity (Wildman–Crippen MR) is 286 cm³/mol. The Morgan fingerprint density at radius 2 is 0.985 bits per heavy atom. The van der Waals surface area contributed by atoms with Crippen molar-refractivity contribution in [2.24, 2.45) is 0 Å². The maximum atomic E-state index is 6.01. The van der Waals surface area contributed by atoms with Gasteiger partial charge in [0.2, 0.25) is 0 Å². The van der Waals surface area contributed by atoms with Gasteiger partial charge in [0, 0.05) is 65.1 Å². The van der Waals surface area contributed by atoms with Crippen molar-refractivity contribution in [3.05, 3.63) is 181 Å². The molecule has 0 fully saturated rings. The molecule has 6 heterocycles. The fourth-order valence-corrected chi connectivity index (χ4v) is 12.1. The predicted octanol–water partition coefficient (Wildman–Crippen LogP) is 17.0. The first kappa shape index (κ1) is 37.3. The van der Waals surface area contributed by atoms with Gasteiger partial charge in [0.1, 0.15) is 5.65 Å². The van der Waals surface area contributed by atoms with Gasteiger partial charge in [0.25, 0.3) is 0 Å². The number of aromatic nitrogens is 4. The summed E-state index contributed by atoms with van der Waals surface area (Å²) >= 11 is 0. The molecule has 9 aromatic carbocycles. The molecule has 318 valence electrons. The van der Waals surface area contributed by atoms with Gasteiger partial charge < -0.3 is 8.97 Å². The summed E-state index contributed by atoms with van der Waals surface area (Å²) in [5, 5.41) is 16.3. The molecule has 0 N–H and O–H groups in total. The third-order valence-electron chi connectivity index (χ3n) is 15.3. The first-order chi connectivity index (χ1) is 32.5. The molecule has 0 unspecified atom stereocenters. The molecule has 0 saturated heterocycles. The summed E-state index contributed by atoms with van der Waals surface area (Å²) in [5.41, 5.74) is 16.7. The van der Waals surface area contributed by atoms with E-state index < -0.39 is 0 Å². The molecular weight excluding hydrogens is 813 g/mol. The van der Waals surface area contributed by atoms with Crippen molar-refractivity contribution in [1.29, 1.82) is 0 Å². The highest BCUT2D eigenvalue weighted by Gasteiger charge is 2.29. The van der Waals surface area contributed by atoms with Crippen LogP contribution in [0.5, 0.6) is 0 Å². The molecule has 4 heteroatoms. The molecule has 67 heavy (non-hydrogen) atoms. The van der Waals surface area contributed by atoms with E-state index in [0.29, 0.717) is 0 Å². The van der Waals surface area contributed by atoms with E-state index in [1.54, 1.807) is 0 Å². The number of pyridine rings is 1. The smallest absolute Gasteiger partial charge is 0.146 e. The molecule has 0 amide bonds. The number of para-hydroxylation sites is 2. The van der Waals surface area contributed by atoms with Gasteiger partial charge in [-0.05, 0) is 110 Å². The van der Waals surface area contributed by atoms with Crippen LogP contribution in [0.1, 0.15) is 52.7 Å². The highest BCUT2D eigenvalue weighted by atomic mass is 15.0. The van der Waals surface area contributed by atoms with E-state index in [2.05, 4.69) is 225 Å². The number of nitrogens with zero attached hydrogens (tertiary/aromatic N) is 4. The van der Waals surface area contributed by atoms with E-state index in [1.807, 2.05) is 0 Å². The van der Waals surface area contributed by atoms with E-state index in [4.69, 9.17) is 4.98 Å². The second-order valence-corrected chi connectivity index (χ2v) is 21.2. The van der Waals surface area contributed by atoms with Gasteiger partial charge in [0.05, 0.1) is 44.1 Å². The highest BCUT2D eigenvalue weighted by Crippen LogP contribution is 2.50. The Morgan fingerprint density at radius 3 is 1.76 bits per heavy atom. The van der Waals surface area contributed by atoms with Gasteiger partial charge in [-0.2, -0.15) is 0 Å². The second-order valence-electron chi connectivity index (χ2n) is 21.2. The van der Waals surface area contributed by atoms with Crippen LogP contribution >= 0.6 is 0 Å². The number of fused-ring (bicyclic) bond motifs is 19. The third-order valence-corrected chi connectivity index (χ3v) is 15.3. The zero-order chi connectivity index (χ0) is 44.8. The lowest BCUT2D eigenvalue weighted by Gasteiger charge is -2.22. The lowest BCUT2D eigenvalue weighted by atomic mass is 9.83. The van der Waals surface area contributed by atoms with Crippen molar-refractivity contribution in [1.82, 2.24) is 18.4 Å². The highest BCUT2D eigenvalue weighted by molar-refractivity contribution is 6.34. The number of hydrogen-bond acceptors (Lipinski definition) is 1. The van der Waals surface area contributed by atoms with Crippen molar-refractivity contribution in [2.75, 3.05) is 0 Å². The molecule has 0 saturated carbocycles. The van der Waals surface area contributed by atoms with E-state index in [-0.39, 0.29) is 10.8 Å². The van der Waals surface area contributed by atoms with Crippen LogP contribution in [0.3, 0.4) is 0 Å². The van der Waals surface area contributed by atoms with Crippen molar-refractivity contribution in [3.63, 3.8) is 0 Å². The molecule has 0 spiro atoms. The molecule has 0 aliphatic rings. The maximum absolute atomic E-state index is 6.01. The fraction of sp³-hybridized carbons (Fsp3) is 0.127. The van der Waals surface area contributed by atoms with Gasteiger partial charge in [-0.1, -0.05) is 145 Å². The zero-order valence-corrected chi connectivity index (χ0v) is 38.5. The molecule has 0 bridgehead atoms. The summed E-state index contributed by atoms with van der Waals surface area (Å²) in [6, 6.07) is 64.0. The summed E-state index contributed by atoms with van der Waals surface area (Å²) in [5.74, 6) is 0. The lowest BCUT2D eigenvalue weighted by molar-refractivity contribution is 0.591. The topological polar surface area (TPSA) is 26.6 Å². The van der Waals surface area contributed by atoms with Crippen LogP contribution in [-0.2, 0) is 10.8 Å². The monoisotopic (exact) mass is 858 g/mol. The number of benzene rings is 9. The zero-order valence-electron chi connectivity index (χ0n) is 38.5. The Kier molecular flexibility index (Phi) is 6.94. The summed E-state index contributed by atoms with van der Waals surface area (Å²) < 4.78 is 7.51. The second kappa shape index (κ2) is 12.5. The summed E-state index contributed by atoms with van der Waals surface area (Å²) in [7, 11) is 0. The Labute approximate surface area is 386 Å². The SMILES string of the molecule is CC(C)(C)c1cc(-c2ccc3c(c2)c2ccccc2n3-c2ccccc2)c2c(c1)c1cc(C(C)(C)C)cc3c4cc5c(nc4n2c31)c1c2ccccc2cc2c3ccc4ccccc4c3n5c21. The van der Waals surface area contributed by atoms with Crippen LogP contribution in [0.15, 0.2) is 170 Å². The van der Waals surface area contributed by atoms with Crippen molar-refractivity contribution < 1.29 is 0 Å². The maximum Gasteiger partial charge on any atom is 0.146 e. The van der Waals surface area contributed by atoms with Crippen LogP contribution in [0.2, 0.25) is 0 Å². The molecule has 0 radical (unpaired) electrons. The molecule has 15 aromatic rings. The largest absolute Gasteiger partial charge is 0.309 e. The average Bonchev–Trinajstić information content (AvgIpc) is 4.12. The first-order valence-electron chi connectivity index (χ1n) is 23.7. The van der Waals surface area contributed by atoms with Crippen LogP contribution in [0, 0.1) is 0 Å². The van der Waals surface area contributed by atoms with Crippen LogP contribution in [-0.4, -0.2) is 18.4 Å². The van der Waals surface area contributed by atoms with Gasteiger partial charge in [-0.3, -0.25) is 4.40 Å². The van der Waals surface area contributed by atoms with Gasteiger partial charge >= 0.3 is 0 Å². The molecule has 0 aliphatic heterocycles. The molecule has 0 atom stereocenters. The third kappa shape index (κ3) is 4.79. The molecule has 15 rings (SSSR count). The van der Waals surface area contributed by atoms with Crippen molar-refractivity contribution in [3.8, 4) is 16.8 Å². The van der Waals surface area contributed by atoms with E-state index in [0.717, 1.165) is 16.7 Å². The summed E-state index contributed by atoms with van der Waals surface area (Å²) in [6.07, 6.45) is 0. The summed E-state index contributed by atoms with van der Waals surface area (Å²) in [4.78, 5) is 6.01. The van der Waals surface area contributed by atoms with Gasteiger partial charge in [0.15, 0.2) is 0 Å². The molecule has 4 nitrogen and oxygen atoms in total. The average molecular weight is 859 g/mol. The van der Waals surface area contributed by atoms with Crippen LogP contribution < -0.4 is 0 Å². The molecule has 0 aliphatic carbocycles. The van der Waals surface area contributed by atoms with Gasteiger partial charge in [-0.15, -0.1) is 0 Å².